The molecule has 0 aliphatic carbocycles. The molecule has 0 aromatic heterocycles. The third-order valence-electron chi connectivity index (χ3n) is 5.55. The second-order valence-corrected chi connectivity index (χ2v) is 13.3. The molecule has 0 saturated carbocycles. The van der Waals surface area contributed by atoms with Crippen LogP contribution in [0.15, 0.2) is 36.5 Å². The van der Waals surface area contributed by atoms with Crippen LogP contribution in [0.4, 0.5) is 0 Å². The van der Waals surface area contributed by atoms with Crippen molar-refractivity contribution in [3.8, 4) is 0 Å². The number of hydrogen-bond donors (Lipinski definition) is 0. The minimum Gasteiger partial charge on any atom is -0.414 e. The van der Waals surface area contributed by atoms with Gasteiger partial charge in [-0.2, -0.15) is 0 Å². The predicted molar refractivity (Wildman–Crippen MR) is 111 cm³/mol. The average molecular weight is 383 g/mol. The van der Waals surface area contributed by atoms with Crippen LogP contribution in [0.3, 0.4) is 0 Å². The monoisotopic (exact) mass is 382 g/mol. The smallest absolute Gasteiger partial charge is 0.192 e. The minimum atomic E-state index is -1.80. The highest BCUT2D eigenvalue weighted by molar-refractivity contribution is 6.74. The molecule has 1 aliphatic rings. The van der Waals surface area contributed by atoms with Gasteiger partial charge in [0.25, 0.3) is 0 Å². The van der Waals surface area contributed by atoms with Crippen LogP contribution in [0.1, 0.15) is 34.1 Å². The highest BCUT2D eigenvalue weighted by Gasteiger charge is 2.38. The third kappa shape index (κ3) is 6.46. The van der Waals surface area contributed by atoms with E-state index in [9.17, 15) is 0 Å². The van der Waals surface area contributed by atoms with Crippen LogP contribution < -0.4 is 0 Å². The molecule has 0 N–H and O–H groups in total. The van der Waals surface area contributed by atoms with Crippen LogP contribution in [0.2, 0.25) is 18.1 Å². The van der Waals surface area contributed by atoms with Crippen molar-refractivity contribution in [3.63, 3.8) is 0 Å². The van der Waals surface area contributed by atoms with Crippen molar-refractivity contribution in [2.45, 2.75) is 70.7 Å². The van der Waals surface area contributed by atoms with Gasteiger partial charge in [-0.05, 0) is 25.1 Å². The first kappa shape index (κ1) is 23.3. The van der Waals surface area contributed by atoms with Gasteiger partial charge in [0.1, 0.15) is 0 Å². The minimum absolute atomic E-state index is 0.0193. The topological polar surface area (TPSA) is 36.9 Å². The molecule has 4 nitrogen and oxygen atoms in total. The molecule has 1 heterocycles. The zero-order chi connectivity index (χ0) is 20.0. The molecule has 0 amide bonds. The second-order valence-electron chi connectivity index (χ2n) is 8.48. The van der Waals surface area contributed by atoms with E-state index in [0.717, 1.165) is 0 Å². The third-order valence-corrected chi connectivity index (χ3v) is 10.1. The van der Waals surface area contributed by atoms with E-state index < -0.39 is 8.32 Å². The zero-order valence-electron chi connectivity index (χ0n) is 17.9. The Labute approximate surface area is 161 Å². The van der Waals surface area contributed by atoms with Crippen molar-refractivity contribution in [3.05, 3.63) is 36.5 Å². The fraction of sp³-hybridized carbons (Fsp3) is 0.714. The number of rotatable bonds is 9. The standard InChI is InChI=1S/C21H38O4Si/c1-10-11-16(2)18-13-12-17(15-24-26(8,9)21(3,4)5)25-19(18)14-20(22-6)23-7/h10-13,17-20H,1,14-15H2,2-9H3/b16-11+/t17-,18+,19+/m0/s1. The maximum absolute atomic E-state index is 6.38. The Bertz CT molecular complexity index is 501. The summed E-state index contributed by atoms with van der Waals surface area (Å²) in [7, 11) is 1.52. The number of ether oxygens (including phenoxy) is 3. The highest BCUT2D eigenvalue weighted by atomic mass is 28.4. The van der Waals surface area contributed by atoms with Crippen LogP contribution in [0.25, 0.3) is 0 Å². The van der Waals surface area contributed by atoms with E-state index >= 15 is 0 Å². The first-order valence-corrected chi connectivity index (χ1v) is 12.3. The lowest BCUT2D eigenvalue weighted by Crippen LogP contribution is -2.44. The lowest BCUT2D eigenvalue weighted by Gasteiger charge is -2.39. The lowest BCUT2D eigenvalue weighted by molar-refractivity contribution is -0.143. The summed E-state index contributed by atoms with van der Waals surface area (Å²) in [5.41, 5.74) is 1.22. The van der Waals surface area contributed by atoms with E-state index in [-0.39, 0.29) is 29.5 Å². The molecule has 0 radical (unpaired) electrons. The lowest BCUT2D eigenvalue weighted by atomic mass is 9.89. The molecular formula is C21H38O4Si. The summed E-state index contributed by atoms with van der Waals surface area (Å²) >= 11 is 0. The molecule has 0 bridgehead atoms. The first-order chi connectivity index (χ1) is 12.1. The van der Waals surface area contributed by atoms with Crippen molar-refractivity contribution >= 4 is 8.32 Å². The van der Waals surface area contributed by atoms with Crippen LogP contribution >= 0.6 is 0 Å². The van der Waals surface area contributed by atoms with E-state index in [1.807, 2.05) is 12.2 Å². The molecule has 0 aromatic rings. The molecular weight excluding hydrogens is 344 g/mol. The Morgan fingerprint density at radius 2 is 1.85 bits per heavy atom. The molecule has 0 aromatic carbocycles. The quantitative estimate of drug-likeness (QED) is 0.241. The Morgan fingerprint density at radius 1 is 1.23 bits per heavy atom. The summed E-state index contributed by atoms with van der Waals surface area (Å²) in [4.78, 5) is 0. The summed E-state index contributed by atoms with van der Waals surface area (Å²) in [6.45, 7) is 17.8. The van der Waals surface area contributed by atoms with Gasteiger partial charge in [-0.3, -0.25) is 0 Å². The summed E-state index contributed by atoms with van der Waals surface area (Å²) in [5.74, 6) is 0.185. The van der Waals surface area contributed by atoms with Gasteiger partial charge >= 0.3 is 0 Å². The van der Waals surface area contributed by atoms with Crippen LogP contribution in [0, 0.1) is 5.92 Å². The van der Waals surface area contributed by atoms with Gasteiger partial charge in [0.2, 0.25) is 0 Å². The van der Waals surface area contributed by atoms with Gasteiger partial charge in [0, 0.05) is 26.6 Å². The van der Waals surface area contributed by atoms with Crippen LogP contribution in [-0.4, -0.2) is 47.6 Å². The summed E-state index contributed by atoms with van der Waals surface area (Å²) < 4.78 is 23.5. The predicted octanol–water partition coefficient (Wildman–Crippen LogP) is 5.09. The molecule has 0 fully saturated rings. The van der Waals surface area contributed by atoms with Gasteiger partial charge in [-0.15, -0.1) is 0 Å². The maximum atomic E-state index is 6.38. The molecule has 5 heteroatoms. The molecule has 3 atom stereocenters. The number of allylic oxidation sites excluding steroid dienone is 2. The molecule has 0 spiro atoms. The van der Waals surface area contributed by atoms with Crippen molar-refractivity contribution in [2.24, 2.45) is 5.92 Å². The van der Waals surface area contributed by atoms with Crippen molar-refractivity contribution in [1.29, 1.82) is 0 Å². The van der Waals surface area contributed by atoms with E-state index in [1.165, 1.54) is 5.57 Å². The van der Waals surface area contributed by atoms with Gasteiger partial charge in [0.15, 0.2) is 14.6 Å². The number of methoxy groups -OCH3 is 2. The van der Waals surface area contributed by atoms with E-state index in [4.69, 9.17) is 18.6 Å². The Balaban J connectivity index is 2.88. The van der Waals surface area contributed by atoms with E-state index in [2.05, 4.69) is 59.5 Å². The Kier molecular flexibility index (Phi) is 8.96. The Hall–Kier alpha value is -0.723. The highest BCUT2D eigenvalue weighted by Crippen LogP contribution is 2.37. The largest absolute Gasteiger partial charge is 0.414 e. The average Bonchev–Trinajstić information content (AvgIpc) is 2.57. The molecule has 150 valence electrons. The van der Waals surface area contributed by atoms with Gasteiger partial charge < -0.3 is 18.6 Å². The fourth-order valence-corrected chi connectivity index (χ4v) is 3.76. The summed E-state index contributed by atoms with van der Waals surface area (Å²) in [6.07, 6.45) is 8.53. The number of hydrogen-bond acceptors (Lipinski definition) is 4. The molecule has 26 heavy (non-hydrogen) atoms. The van der Waals surface area contributed by atoms with E-state index in [1.54, 1.807) is 14.2 Å². The first-order valence-electron chi connectivity index (χ1n) is 9.38. The zero-order valence-corrected chi connectivity index (χ0v) is 18.9. The maximum Gasteiger partial charge on any atom is 0.192 e. The normalized spacial score (nSPS) is 25.0. The molecule has 0 saturated heterocycles. The van der Waals surface area contributed by atoms with Crippen molar-refractivity contribution in [1.82, 2.24) is 0 Å². The molecule has 1 rings (SSSR count). The van der Waals surface area contributed by atoms with Crippen molar-refractivity contribution < 1.29 is 18.6 Å². The summed E-state index contributed by atoms with van der Waals surface area (Å²) in [5, 5.41) is 0.188. The Morgan fingerprint density at radius 3 is 2.35 bits per heavy atom. The van der Waals surface area contributed by atoms with E-state index in [0.29, 0.717) is 13.0 Å². The van der Waals surface area contributed by atoms with Gasteiger partial charge in [0.05, 0.1) is 18.8 Å². The van der Waals surface area contributed by atoms with Crippen LogP contribution in [0.5, 0.6) is 0 Å². The summed E-state index contributed by atoms with van der Waals surface area (Å²) in [6, 6.07) is 0. The van der Waals surface area contributed by atoms with Gasteiger partial charge in [-0.25, -0.2) is 0 Å². The SMILES string of the molecule is C=C/C=C(\C)[C@H]1C=C[C@@H](CO[Si](C)(C)C(C)(C)C)O[C@@H]1CC(OC)OC. The molecule has 1 aliphatic heterocycles. The van der Waals surface area contributed by atoms with Gasteiger partial charge in [-0.1, -0.05) is 57.2 Å². The fourth-order valence-electron chi connectivity index (χ4n) is 2.75. The van der Waals surface area contributed by atoms with Crippen LogP contribution in [-0.2, 0) is 18.6 Å². The molecule has 0 unspecified atom stereocenters. The second kappa shape index (κ2) is 9.99. The van der Waals surface area contributed by atoms with Crippen molar-refractivity contribution in [2.75, 3.05) is 20.8 Å².